The Labute approximate surface area is 118 Å². The Kier molecular flexibility index (Phi) is 4.22. The fourth-order valence-corrected chi connectivity index (χ4v) is 2.47. The Morgan fingerprint density at radius 3 is 2.20 bits per heavy atom. The largest absolute Gasteiger partial charge is 0.493 e. The molecule has 1 aromatic rings. The first kappa shape index (κ1) is 14.3. The SMILES string of the molecule is COc1cc(N)c(C(=O)N2CCCC2)c(OC)c1OC. The quantitative estimate of drug-likeness (QED) is 0.847. The number of nitrogen functional groups attached to an aromatic ring is 1. The molecule has 20 heavy (non-hydrogen) atoms. The second-order valence-electron chi connectivity index (χ2n) is 4.61. The highest BCUT2D eigenvalue weighted by Crippen LogP contribution is 2.43. The zero-order valence-corrected chi connectivity index (χ0v) is 12.1. The molecule has 2 rings (SSSR count). The number of ether oxygens (including phenoxy) is 3. The predicted molar refractivity (Wildman–Crippen MR) is 75.6 cm³/mol. The number of carbonyl (C=O) groups excluding carboxylic acids is 1. The Morgan fingerprint density at radius 2 is 1.70 bits per heavy atom. The van der Waals surface area contributed by atoms with Crippen molar-refractivity contribution in [1.82, 2.24) is 4.90 Å². The summed E-state index contributed by atoms with van der Waals surface area (Å²) in [4.78, 5) is 14.4. The van der Waals surface area contributed by atoms with Gasteiger partial charge in [0.1, 0.15) is 5.56 Å². The van der Waals surface area contributed by atoms with Crippen LogP contribution in [0.3, 0.4) is 0 Å². The molecule has 0 spiro atoms. The van der Waals surface area contributed by atoms with Gasteiger partial charge in [-0.05, 0) is 12.8 Å². The highest BCUT2D eigenvalue weighted by atomic mass is 16.5. The summed E-state index contributed by atoms with van der Waals surface area (Å²) in [5, 5.41) is 0. The van der Waals surface area contributed by atoms with E-state index in [-0.39, 0.29) is 5.91 Å². The second kappa shape index (κ2) is 5.90. The van der Waals surface area contributed by atoms with Gasteiger partial charge in [0.25, 0.3) is 5.91 Å². The van der Waals surface area contributed by atoms with Gasteiger partial charge in [0.05, 0.1) is 27.0 Å². The van der Waals surface area contributed by atoms with Crippen LogP contribution in [0, 0.1) is 0 Å². The van der Waals surface area contributed by atoms with Crippen molar-refractivity contribution in [3.05, 3.63) is 11.6 Å². The Bertz CT molecular complexity index is 510. The van der Waals surface area contributed by atoms with Crippen LogP contribution in [0.2, 0.25) is 0 Å². The molecule has 0 bridgehead atoms. The summed E-state index contributed by atoms with van der Waals surface area (Å²) < 4.78 is 15.8. The molecule has 1 fully saturated rings. The Hall–Kier alpha value is -2.11. The van der Waals surface area contributed by atoms with Crippen molar-refractivity contribution in [2.45, 2.75) is 12.8 Å². The molecule has 1 amide bonds. The van der Waals surface area contributed by atoms with Crippen LogP contribution in [0.15, 0.2) is 6.07 Å². The van der Waals surface area contributed by atoms with Crippen LogP contribution >= 0.6 is 0 Å². The molecular weight excluding hydrogens is 260 g/mol. The molecule has 0 aromatic heterocycles. The molecule has 0 unspecified atom stereocenters. The summed E-state index contributed by atoms with van der Waals surface area (Å²) in [6, 6.07) is 1.59. The molecule has 0 radical (unpaired) electrons. The number of methoxy groups -OCH3 is 3. The van der Waals surface area contributed by atoms with Gasteiger partial charge in [-0.25, -0.2) is 0 Å². The van der Waals surface area contributed by atoms with Gasteiger partial charge in [0.2, 0.25) is 5.75 Å². The van der Waals surface area contributed by atoms with Crippen molar-refractivity contribution < 1.29 is 19.0 Å². The highest BCUT2D eigenvalue weighted by Gasteiger charge is 2.28. The molecule has 1 aromatic carbocycles. The third-order valence-electron chi connectivity index (χ3n) is 3.47. The van der Waals surface area contributed by atoms with E-state index in [1.54, 1.807) is 11.0 Å². The van der Waals surface area contributed by atoms with E-state index in [2.05, 4.69) is 0 Å². The number of benzene rings is 1. The number of amides is 1. The van der Waals surface area contributed by atoms with Crippen molar-refractivity contribution in [2.24, 2.45) is 0 Å². The topological polar surface area (TPSA) is 74.0 Å². The summed E-state index contributed by atoms with van der Waals surface area (Å²) in [6.07, 6.45) is 2.03. The fraction of sp³-hybridized carbons (Fsp3) is 0.500. The minimum atomic E-state index is -0.127. The van der Waals surface area contributed by atoms with E-state index in [0.29, 0.717) is 28.5 Å². The number of carbonyl (C=O) groups is 1. The van der Waals surface area contributed by atoms with Crippen LogP contribution in [0.25, 0.3) is 0 Å². The van der Waals surface area contributed by atoms with Crippen LogP contribution in [-0.2, 0) is 0 Å². The number of hydrogen-bond donors (Lipinski definition) is 1. The molecule has 6 heteroatoms. The second-order valence-corrected chi connectivity index (χ2v) is 4.61. The van der Waals surface area contributed by atoms with Gasteiger partial charge >= 0.3 is 0 Å². The summed E-state index contributed by atoms with van der Waals surface area (Å²) >= 11 is 0. The van der Waals surface area contributed by atoms with E-state index in [4.69, 9.17) is 19.9 Å². The molecule has 2 N–H and O–H groups in total. The van der Waals surface area contributed by atoms with Crippen molar-refractivity contribution in [3.8, 4) is 17.2 Å². The molecule has 1 aliphatic rings. The highest BCUT2D eigenvalue weighted by molar-refractivity contribution is 6.03. The number of hydrogen-bond acceptors (Lipinski definition) is 5. The first-order chi connectivity index (χ1) is 9.63. The minimum absolute atomic E-state index is 0.127. The number of likely N-dealkylation sites (tertiary alicyclic amines) is 1. The average Bonchev–Trinajstić information content (AvgIpc) is 2.99. The van der Waals surface area contributed by atoms with Crippen molar-refractivity contribution >= 4 is 11.6 Å². The number of nitrogens with two attached hydrogens (primary N) is 1. The minimum Gasteiger partial charge on any atom is -0.493 e. The lowest BCUT2D eigenvalue weighted by atomic mass is 10.1. The molecule has 1 heterocycles. The predicted octanol–water partition coefficient (Wildman–Crippen LogP) is 1.53. The van der Waals surface area contributed by atoms with Crippen LogP contribution in [0.1, 0.15) is 23.2 Å². The van der Waals surface area contributed by atoms with E-state index in [1.165, 1.54) is 21.3 Å². The third kappa shape index (κ3) is 2.33. The van der Waals surface area contributed by atoms with E-state index in [0.717, 1.165) is 25.9 Å². The van der Waals surface area contributed by atoms with E-state index in [1.807, 2.05) is 0 Å². The Balaban J connectivity index is 2.53. The van der Waals surface area contributed by atoms with Gasteiger partial charge in [0, 0.05) is 19.2 Å². The molecule has 0 atom stereocenters. The summed E-state index contributed by atoms with van der Waals surface area (Å²) in [5.74, 6) is 1.02. The summed E-state index contributed by atoms with van der Waals surface area (Å²) in [6.45, 7) is 1.49. The van der Waals surface area contributed by atoms with E-state index in [9.17, 15) is 4.79 Å². The van der Waals surface area contributed by atoms with Crippen LogP contribution in [0.4, 0.5) is 5.69 Å². The first-order valence-electron chi connectivity index (χ1n) is 6.51. The molecule has 1 aliphatic heterocycles. The van der Waals surface area contributed by atoms with Crippen molar-refractivity contribution in [3.63, 3.8) is 0 Å². The maximum Gasteiger partial charge on any atom is 0.259 e. The van der Waals surface area contributed by atoms with Gasteiger partial charge in [-0.2, -0.15) is 0 Å². The van der Waals surface area contributed by atoms with Crippen LogP contribution in [-0.4, -0.2) is 45.2 Å². The van der Waals surface area contributed by atoms with Crippen molar-refractivity contribution in [1.29, 1.82) is 0 Å². The maximum atomic E-state index is 12.6. The number of nitrogens with zero attached hydrogens (tertiary/aromatic N) is 1. The summed E-state index contributed by atoms with van der Waals surface area (Å²) in [5.41, 5.74) is 6.67. The van der Waals surface area contributed by atoms with E-state index < -0.39 is 0 Å². The smallest absolute Gasteiger partial charge is 0.259 e. The fourth-order valence-electron chi connectivity index (χ4n) is 2.47. The molecule has 110 valence electrons. The van der Waals surface area contributed by atoms with E-state index >= 15 is 0 Å². The van der Waals surface area contributed by atoms with Crippen LogP contribution in [0.5, 0.6) is 17.2 Å². The molecule has 0 saturated carbocycles. The van der Waals surface area contributed by atoms with Crippen molar-refractivity contribution in [2.75, 3.05) is 40.2 Å². The number of anilines is 1. The van der Waals surface area contributed by atoms with Gasteiger partial charge in [0.15, 0.2) is 11.5 Å². The lowest BCUT2D eigenvalue weighted by Gasteiger charge is -2.21. The third-order valence-corrected chi connectivity index (χ3v) is 3.47. The first-order valence-corrected chi connectivity index (χ1v) is 6.51. The zero-order valence-electron chi connectivity index (χ0n) is 12.1. The molecule has 0 aliphatic carbocycles. The average molecular weight is 280 g/mol. The van der Waals surface area contributed by atoms with Gasteiger partial charge in [-0.3, -0.25) is 4.79 Å². The zero-order chi connectivity index (χ0) is 14.7. The lowest BCUT2D eigenvalue weighted by molar-refractivity contribution is 0.0790. The van der Waals surface area contributed by atoms with Crippen LogP contribution < -0.4 is 19.9 Å². The Morgan fingerprint density at radius 1 is 1.10 bits per heavy atom. The maximum absolute atomic E-state index is 12.6. The van der Waals surface area contributed by atoms with Gasteiger partial charge < -0.3 is 24.8 Å². The molecular formula is C14H20N2O4. The summed E-state index contributed by atoms with van der Waals surface area (Å²) in [7, 11) is 4.50. The monoisotopic (exact) mass is 280 g/mol. The van der Waals surface area contributed by atoms with Gasteiger partial charge in [-0.15, -0.1) is 0 Å². The molecule has 1 saturated heterocycles. The standard InChI is InChI=1S/C14H20N2O4/c1-18-10-8-9(15)11(13(20-3)12(10)19-2)14(17)16-6-4-5-7-16/h8H,4-7,15H2,1-3H3. The van der Waals surface area contributed by atoms with Gasteiger partial charge in [-0.1, -0.05) is 0 Å². The number of rotatable bonds is 4. The lowest BCUT2D eigenvalue weighted by Crippen LogP contribution is -2.29. The normalized spacial score (nSPS) is 14.2. The molecule has 6 nitrogen and oxygen atoms in total.